The molecule has 0 aromatic heterocycles. The van der Waals surface area contributed by atoms with Gasteiger partial charge >= 0.3 is 0 Å². The lowest BCUT2D eigenvalue weighted by Gasteiger charge is -2.34. The molecule has 23 heavy (non-hydrogen) atoms. The highest BCUT2D eigenvalue weighted by atomic mass is 15.3. The van der Waals surface area contributed by atoms with Crippen LogP contribution in [0.25, 0.3) is 0 Å². The Hall–Kier alpha value is -1.91. The molecule has 0 amide bonds. The highest BCUT2D eigenvalue weighted by Gasteiger charge is 2.31. The monoisotopic (exact) mass is 310 g/mol. The molecular weight excluding hydrogens is 284 g/mol. The van der Waals surface area contributed by atoms with Crippen molar-refractivity contribution >= 4 is 11.4 Å². The maximum Gasteiger partial charge on any atom is 0.123 e. The summed E-state index contributed by atoms with van der Waals surface area (Å²) in [5.41, 5.74) is 6.00. The fraction of sp³-hybridized carbons (Fsp3) is 0.421. The molecule has 0 saturated carbocycles. The molecule has 0 spiro atoms. The summed E-state index contributed by atoms with van der Waals surface area (Å²) in [6.07, 6.45) is 2.18. The molecule has 2 fully saturated rings. The number of anilines is 1. The molecule has 4 nitrogen and oxygen atoms in total. The van der Waals surface area contributed by atoms with Crippen molar-refractivity contribution in [2.45, 2.75) is 26.8 Å². The van der Waals surface area contributed by atoms with E-state index in [1.54, 1.807) is 0 Å². The van der Waals surface area contributed by atoms with Gasteiger partial charge in [-0.05, 0) is 49.6 Å². The van der Waals surface area contributed by atoms with E-state index >= 15 is 0 Å². The maximum atomic E-state index is 4.75. The van der Waals surface area contributed by atoms with E-state index in [1.807, 2.05) is 0 Å². The predicted octanol–water partition coefficient (Wildman–Crippen LogP) is 2.86. The molecule has 0 bridgehead atoms. The first-order valence-corrected chi connectivity index (χ1v) is 8.27. The zero-order chi connectivity index (χ0) is 16.4. The lowest BCUT2D eigenvalue weighted by Crippen LogP contribution is -2.56. The van der Waals surface area contributed by atoms with Crippen LogP contribution in [0.15, 0.2) is 47.2 Å². The van der Waals surface area contributed by atoms with Crippen LogP contribution in [0.5, 0.6) is 0 Å². The number of hydrogen-bond acceptors (Lipinski definition) is 4. The number of benzene rings is 1. The minimum atomic E-state index is 0.651. The molecule has 1 aromatic carbocycles. The Morgan fingerprint density at radius 1 is 1.26 bits per heavy atom. The normalized spacial score (nSPS) is 22.6. The van der Waals surface area contributed by atoms with Crippen molar-refractivity contribution in [3.05, 3.63) is 53.4 Å². The second kappa shape index (κ2) is 6.69. The molecule has 4 heteroatoms. The van der Waals surface area contributed by atoms with Gasteiger partial charge < -0.3 is 10.6 Å². The zero-order valence-corrected chi connectivity index (χ0v) is 14.3. The summed E-state index contributed by atoms with van der Waals surface area (Å²) in [5, 5.41) is 6.67. The van der Waals surface area contributed by atoms with E-state index in [2.05, 4.69) is 67.2 Å². The van der Waals surface area contributed by atoms with Crippen LogP contribution < -0.4 is 10.6 Å². The Balaban J connectivity index is 1.70. The lowest BCUT2D eigenvalue weighted by molar-refractivity contribution is 0.191. The average molecular weight is 310 g/mol. The average Bonchev–Trinajstić information content (AvgIpc) is 2.77. The van der Waals surface area contributed by atoms with Gasteiger partial charge in [0.25, 0.3) is 0 Å². The first-order valence-electron chi connectivity index (χ1n) is 8.27. The van der Waals surface area contributed by atoms with Crippen LogP contribution in [-0.4, -0.2) is 42.8 Å². The molecule has 122 valence electrons. The first kappa shape index (κ1) is 16.0. The number of rotatable bonds is 4. The van der Waals surface area contributed by atoms with Gasteiger partial charge in [0.15, 0.2) is 0 Å². The van der Waals surface area contributed by atoms with Gasteiger partial charge in [0, 0.05) is 37.9 Å². The summed E-state index contributed by atoms with van der Waals surface area (Å²) in [4.78, 5) is 7.25. The van der Waals surface area contributed by atoms with Crippen molar-refractivity contribution in [2.75, 3.05) is 31.5 Å². The van der Waals surface area contributed by atoms with Crippen LogP contribution in [0.4, 0.5) is 5.69 Å². The van der Waals surface area contributed by atoms with Gasteiger partial charge in [0.2, 0.25) is 0 Å². The number of hydrogen-bond donors (Lipinski definition) is 2. The third-order valence-electron chi connectivity index (χ3n) is 4.50. The van der Waals surface area contributed by atoms with Crippen LogP contribution in [-0.2, 0) is 0 Å². The Kier molecular flexibility index (Phi) is 4.64. The number of likely N-dealkylation sites (tertiary alicyclic amines) is 1. The maximum absolute atomic E-state index is 4.75. The second-order valence-corrected chi connectivity index (χ2v) is 6.54. The highest BCUT2D eigenvalue weighted by Crippen LogP contribution is 2.20. The van der Waals surface area contributed by atoms with Crippen molar-refractivity contribution < 1.29 is 0 Å². The third-order valence-corrected chi connectivity index (χ3v) is 4.50. The molecule has 2 N–H and O–H groups in total. The standard InChI is InChI=1S/C19H26N4/c1-5-16-11-23(18-9-20-10-18)12-19(16)22-15(4)21-17-7-13(2)6-14(3)8-17/h5-8,18,20-21H,4,9-12H2,1-3H3/b16-5-,22-19?. The van der Waals surface area contributed by atoms with Gasteiger partial charge in [0.05, 0.1) is 5.71 Å². The number of aryl methyl sites for hydroxylation is 2. The number of aliphatic imine (C=N–C) groups is 1. The lowest BCUT2D eigenvalue weighted by atomic mass is 10.1. The summed E-state index contributed by atoms with van der Waals surface area (Å²) in [6, 6.07) is 7.06. The van der Waals surface area contributed by atoms with Gasteiger partial charge in [0.1, 0.15) is 5.82 Å². The molecule has 2 heterocycles. The molecule has 0 radical (unpaired) electrons. The fourth-order valence-electron chi connectivity index (χ4n) is 3.22. The minimum absolute atomic E-state index is 0.651. The summed E-state index contributed by atoms with van der Waals surface area (Å²) in [6.45, 7) is 14.5. The van der Waals surface area contributed by atoms with Crippen molar-refractivity contribution in [2.24, 2.45) is 4.99 Å². The summed E-state index contributed by atoms with van der Waals surface area (Å²) < 4.78 is 0. The van der Waals surface area contributed by atoms with Crippen molar-refractivity contribution in [1.82, 2.24) is 10.2 Å². The Morgan fingerprint density at radius 2 is 1.96 bits per heavy atom. The van der Waals surface area contributed by atoms with Gasteiger partial charge in [-0.1, -0.05) is 18.7 Å². The predicted molar refractivity (Wildman–Crippen MR) is 98.1 cm³/mol. The van der Waals surface area contributed by atoms with Crippen LogP contribution in [0.2, 0.25) is 0 Å². The molecule has 2 saturated heterocycles. The van der Waals surface area contributed by atoms with Gasteiger partial charge in [-0.3, -0.25) is 4.90 Å². The highest BCUT2D eigenvalue weighted by molar-refractivity contribution is 6.04. The topological polar surface area (TPSA) is 39.7 Å². The smallest absolute Gasteiger partial charge is 0.123 e. The van der Waals surface area contributed by atoms with E-state index in [0.717, 1.165) is 37.6 Å². The summed E-state index contributed by atoms with van der Waals surface area (Å²) in [7, 11) is 0. The molecule has 0 atom stereocenters. The van der Waals surface area contributed by atoms with Crippen LogP contribution in [0, 0.1) is 13.8 Å². The zero-order valence-electron chi connectivity index (χ0n) is 14.3. The molecular formula is C19H26N4. The van der Waals surface area contributed by atoms with E-state index in [1.165, 1.54) is 16.7 Å². The quantitative estimate of drug-likeness (QED) is 0.898. The molecule has 2 aliphatic rings. The van der Waals surface area contributed by atoms with Crippen molar-refractivity contribution in [1.29, 1.82) is 0 Å². The number of nitrogens with one attached hydrogen (secondary N) is 2. The molecule has 2 aliphatic heterocycles. The van der Waals surface area contributed by atoms with Gasteiger partial charge in [-0.25, -0.2) is 4.99 Å². The van der Waals surface area contributed by atoms with E-state index in [9.17, 15) is 0 Å². The van der Waals surface area contributed by atoms with E-state index in [4.69, 9.17) is 4.99 Å². The Labute approximate surface area is 139 Å². The number of allylic oxidation sites excluding steroid dienone is 1. The SMILES string of the molecule is C=C(N=C1CN(C2CNC2)C/C1=C/C)Nc1cc(C)cc(C)c1. The van der Waals surface area contributed by atoms with Crippen LogP contribution in [0.3, 0.4) is 0 Å². The molecule has 0 aliphatic carbocycles. The van der Waals surface area contributed by atoms with E-state index in [-0.39, 0.29) is 0 Å². The van der Waals surface area contributed by atoms with E-state index < -0.39 is 0 Å². The summed E-state index contributed by atoms with van der Waals surface area (Å²) >= 11 is 0. The third kappa shape index (κ3) is 3.71. The number of nitrogens with zero attached hydrogens (tertiary/aromatic N) is 2. The Bertz CT molecular complexity index is 648. The van der Waals surface area contributed by atoms with Crippen LogP contribution in [0.1, 0.15) is 18.1 Å². The fourth-order valence-corrected chi connectivity index (χ4v) is 3.22. The Morgan fingerprint density at radius 3 is 2.52 bits per heavy atom. The van der Waals surface area contributed by atoms with Gasteiger partial charge in [-0.15, -0.1) is 0 Å². The molecule has 3 rings (SSSR count). The largest absolute Gasteiger partial charge is 0.341 e. The second-order valence-electron chi connectivity index (χ2n) is 6.54. The van der Waals surface area contributed by atoms with E-state index in [0.29, 0.717) is 11.9 Å². The van der Waals surface area contributed by atoms with Crippen molar-refractivity contribution in [3.8, 4) is 0 Å². The van der Waals surface area contributed by atoms with Crippen LogP contribution >= 0.6 is 0 Å². The molecule has 1 aromatic rings. The van der Waals surface area contributed by atoms with Gasteiger partial charge in [-0.2, -0.15) is 0 Å². The molecule has 0 unspecified atom stereocenters. The minimum Gasteiger partial charge on any atom is -0.341 e. The summed E-state index contributed by atoms with van der Waals surface area (Å²) in [5.74, 6) is 0.706. The first-order chi connectivity index (χ1) is 11.0. The van der Waals surface area contributed by atoms with Crippen molar-refractivity contribution in [3.63, 3.8) is 0 Å².